The second-order valence-corrected chi connectivity index (χ2v) is 6.73. The van der Waals surface area contributed by atoms with E-state index in [1.165, 1.54) is 11.8 Å². The molecule has 0 spiro atoms. The Bertz CT molecular complexity index is 824. The molecule has 1 aromatic carbocycles. The molecular formula is C16H17N4OS2+. The van der Waals surface area contributed by atoms with Crippen molar-refractivity contribution in [1.29, 1.82) is 0 Å². The maximum atomic E-state index is 11.9. The molecule has 0 saturated carbocycles. The lowest BCUT2D eigenvalue weighted by Gasteiger charge is -1.98. The Morgan fingerprint density at radius 3 is 3.04 bits per heavy atom. The minimum Gasteiger partial charge on any atom is -0.272 e. The standard InChI is InChI=1S/C16H16N4OS2/c1-2-20-14-8-4-3-7-13(14)18-16(20)23-11-15(21)19-17-10-12-6-5-9-22-12/h3-10H,2,11H2,1H3,(H,19,21)/p+1. The molecule has 0 radical (unpaired) electrons. The SMILES string of the molecule is CC[n+]1c(SCC(=O)NN=Cc2cccs2)[nH]c2ccccc21. The fourth-order valence-corrected chi connectivity index (χ4v) is 3.72. The Labute approximate surface area is 142 Å². The highest BCUT2D eigenvalue weighted by atomic mass is 32.2. The van der Waals surface area contributed by atoms with Crippen molar-refractivity contribution >= 4 is 46.3 Å². The third-order valence-corrected chi connectivity index (χ3v) is 5.07. The van der Waals surface area contributed by atoms with E-state index in [9.17, 15) is 4.79 Å². The van der Waals surface area contributed by atoms with E-state index in [2.05, 4.69) is 33.1 Å². The molecule has 0 saturated heterocycles. The van der Waals surface area contributed by atoms with Crippen LogP contribution in [0.5, 0.6) is 0 Å². The van der Waals surface area contributed by atoms with Crippen LogP contribution >= 0.6 is 23.1 Å². The van der Waals surface area contributed by atoms with Crippen LogP contribution in [0, 0.1) is 0 Å². The first-order chi connectivity index (χ1) is 11.3. The molecule has 0 unspecified atom stereocenters. The molecule has 0 aliphatic rings. The molecule has 1 amide bonds. The molecule has 0 atom stereocenters. The van der Waals surface area contributed by atoms with Crippen LogP contribution in [-0.2, 0) is 11.3 Å². The van der Waals surface area contributed by atoms with E-state index in [4.69, 9.17) is 0 Å². The number of para-hydroxylation sites is 2. The van der Waals surface area contributed by atoms with Crippen LogP contribution in [0.25, 0.3) is 11.0 Å². The maximum absolute atomic E-state index is 11.9. The van der Waals surface area contributed by atoms with Gasteiger partial charge < -0.3 is 0 Å². The van der Waals surface area contributed by atoms with Gasteiger partial charge in [0.05, 0.1) is 18.5 Å². The average molecular weight is 345 g/mol. The van der Waals surface area contributed by atoms with Gasteiger partial charge in [0.15, 0.2) is 11.0 Å². The van der Waals surface area contributed by atoms with E-state index in [-0.39, 0.29) is 5.91 Å². The van der Waals surface area contributed by atoms with Crippen molar-refractivity contribution in [2.45, 2.75) is 18.6 Å². The molecule has 118 valence electrons. The number of thiophene rings is 1. The molecular weight excluding hydrogens is 328 g/mol. The second-order valence-electron chi connectivity index (χ2n) is 4.79. The molecule has 0 bridgehead atoms. The Balaban J connectivity index is 1.60. The van der Waals surface area contributed by atoms with Crippen molar-refractivity contribution < 1.29 is 9.36 Å². The number of H-pyrrole nitrogens is 1. The number of fused-ring (bicyclic) bond motifs is 1. The minimum atomic E-state index is -0.121. The first-order valence-electron chi connectivity index (χ1n) is 7.26. The van der Waals surface area contributed by atoms with Crippen LogP contribution in [0.4, 0.5) is 0 Å². The van der Waals surface area contributed by atoms with Gasteiger partial charge in [-0.3, -0.25) is 4.79 Å². The summed E-state index contributed by atoms with van der Waals surface area (Å²) in [7, 11) is 0. The number of nitrogens with zero attached hydrogens (tertiary/aromatic N) is 2. The summed E-state index contributed by atoms with van der Waals surface area (Å²) in [6.45, 7) is 2.94. The topological polar surface area (TPSA) is 61.1 Å². The number of aromatic amines is 1. The van der Waals surface area contributed by atoms with Gasteiger partial charge in [0, 0.05) is 4.88 Å². The maximum Gasteiger partial charge on any atom is 0.317 e. The molecule has 0 fully saturated rings. The van der Waals surface area contributed by atoms with E-state index >= 15 is 0 Å². The number of rotatable bonds is 6. The van der Waals surface area contributed by atoms with Crippen LogP contribution in [0.1, 0.15) is 11.8 Å². The zero-order valence-electron chi connectivity index (χ0n) is 12.7. The molecule has 23 heavy (non-hydrogen) atoms. The third-order valence-electron chi connectivity index (χ3n) is 3.26. The van der Waals surface area contributed by atoms with E-state index in [1.807, 2.05) is 35.7 Å². The number of imidazole rings is 1. The van der Waals surface area contributed by atoms with E-state index in [0.29, 0.717) is 5.75 Å². The Morgan fingerprint density at radius 2 is 2.26 bits per heavy atom. The van der Waals surface area contributed by atoms with Crippen molar-refractivity contribution in [2.75, 3.05) is 5.75 Å². The molecule has 5 nitrogen and oxygen atoms in total. The van der Waals surface area contributed by atoms with Gasteiger partial charge in [0.2, 0.25) is 0 Å². The number of carbonyl (C=O) groups excluding carboxylic acids is 1. The van der Waals surface area contributed by atoms with Crippen molar-refractivity contribution in [1.82, 2.24) is 10.4 Å². The highest BCUT2D eigenvalue weighted by Crippen LogP contribution is 2.17. The summed E-state index contributed by atoms with van der Waals surface area (Å²) in [4.78, 5) is 16.3. The van der Waals surface area contributed by atoms with Gasteiger partial charge in [-0.05, 0) is 42.3 Å². The number of benzene rings is 1. The fourth-order valence-electron chi connectivity index (χ4n) is 2.23. The van der Waals surface area contributed by atoms with Crippen molar-refractivity contribution in [3.05, 3.63) is 46.7 Å². The first-order valence-corrected chi connectivity index (χ1v) is 9.13. The minimum absolute atomic E-state index is 0.121. The van der Waals surface area contributed by atoms with Crippen LogP contribution in [0.3, 0.4) is 0 Å². The largest absolute Gasteiger partial charge is 0.317 e. The number of aromatic nitrogens is 2. The summed E-state index contributed by atoms with van der Waals surface area (Å²) < 4.78 is 2.17. The summed E-state index contributed by atoms with van der Waals surface area (Å²) in [5, 5.41) is 6.92. The molecule has 2 N–H and O–H groups in total. The Kier molecular flexibility index (Phi) is 5.09. The lowest BCUT2D eigenvalue weighted by Crippen LogP contribution is -2.34. The van der Waals surface area contributed by atoms with Gasteiger partial charge in [0.1, 0.15) is 0 Å². The quantitative estimate of drug-likeness (QED) is 0.312. The normalized spacial score (nSPS) is 11.3. The number of carbonyl (C=O) groups is 1. The second kappa shape index (κ2) is 7.43. The van der Waals surface area contributed by atoms with Crippen molar-refractivity contribution in [3.8, 4) is 0 Å². The first kappa shape index (κ1) is 15.8. The predicted octanol–water partition coefficient (Wildman–Crippen LogP) is 2.78. The number of nitrogens with one attached hydrogen (secondary N) is 2. The molecule has 3 aromatic rings. The van der Waals surface area contributed by atoms with Gasteiger partial charge in [-0.15, -0.1) is 11.3 Å². The number of hydrogen-bond donors (Lipinski definition) is 2. The van der Waals surface area contributed by atoms with Crippen LogP contribution in [0.2, 0.25) is 0 Å². The molecule has 2 heterocycles. The van der Waals surface area contributed by atoms with Crippen LogP contribution in [0.15, 0.2) is 52.0 Å². The summed E-state index contributed by atoms with van der Waals surface area (Å²) in [5.41, 5.74) is 4.78. The number of aryl methyl sites for hydroxylation is 1. The highest BCUT2D eigenvalue weighted by molar-refractivity contribution is 7.99. The number of thioether (sulfide) groups is 1. The molecule has 3 rings (SSSR count). The van der Waals surface area contributed by atoms with Gasteiger partial charge in [-0.25, -0.2) is 15.0 Å². The van der Waals surface area contributed by atoms with E-state index < -0.39 is 0 Å². The lowest BCUT2D eigenvalue weighted by molar-refractivity contribution is -0.705. The monoisotopic (exact) mass is 345 g/mol. The smallest absolute Gasteiger partial charge is 0.272 e. The van der Waals surface area contributed by atoms with Crippen molar-refractivity contribution in [3.63, 3.8) is 0 Å². The molecule has 7 heteroatoms. The molecule has 0 aliphatic carbocycles. The molecule has 0 aliphatic heterocycles. The number of hydrogen-bond acceptors (Lipinski definition) is 4. The van der Waals surface area contributed by atoms with Gasteiger partial charge in [-0.1, -0.05) is 18.2 Å². The number of hydrazone groups is 1. The summed E-state index contributed by atoms with van der Waals surface area (Å²) in [5.74, 6) is 0.193. The third kappa shape index (κ3) is 3.80. The van der Waals surface area contributed by atoms with E-state index in [0.717, 1.165) is 27.6 Å². The molecule has 2 aromatic heterocycles. The van der Waals surface area contributed by atoms with E-state index in [1.54, 1.807) is 17.6 Å². The van der Waals surface area contributed by atoms with Crippen LogP contribution in [-0.4, -0.2) is 22.9 Å². The summed E-state index contributed by atoms with van der Waals surface area (Å²) >= 11 is 3.06. The highest BCUT2D eigenvalue weighted by Gasteiger charge is 2.18. The van der Waals surface area contributed by atoms with Gasteiger partial charge >= 0.3 is 5.16 Å². The zero-order valence-corrected chi connectivity index (χ0v) is 14.3. The average Bonchev–Trinajstić information content (AvgIpc) is 3.19. The van der Waals surface area contributed by atoms with Gasteiger partial charge in [0.25, 0.3) is 5.91 Å². The van der Waals surface area contributed by atoms with Crippen molar-refractivity contribution in [2.24, 2.45) is 5.10 Å². The predicted molar refractivity (Wildman–Crippen MR) is 94.9 cm³/mol. The Hall–Kier alpha value is -2.12. The Morgan fingerprint density at radius 1 is 1.39 bits per heavy atom. The van der Waals surface area contributed by atoms with Crippen LogP contribution < -0.4 is 9.99 Å². The lowest BCUT2D eigenvalue weighted by atomic mass is 10.3. The fraction of sp³-hybridized carbons (Fsp3) is 0.188. The van der Waals surface area contributed by atoms with Gasteiger partial charge in [-0.2, -0.15) is 5.10 Å². The summed E-state index contributed by atoms with van der Waals surface area (Å²) in [6, 6.07) is 12.0. The number of amides is 1. The summed E-state index contributed by atoms with van der Waals surface area (Å²) in [6.07, 6.45) is 1.66. The zero-order chi connectivity index (χ0) is 16.1.